The molecule has 3 aliphatic carbocycles. The first-order valence-electron chi connectivity index (χ1n) is 28.6. The van der Waals surface area contributed by atoms with Crippen LogP contribution in [-0.2, 0) is 51.0 Å². The van der Waals surface area contributed by atoms with E-state index in [1.807, 2.05) is 6.20 Å². The van der Waals surface area contributed by atoms with Gasteiger partial charge in [-0.05, 0) is 101 Å². The van der Waals surface area contributed by atoms with Crippen molar-refractivity contribution in [1.82, 2.24) is 40.1 Å². The number of hydrogen-bond acceptors (Lipinski definition) is 15. The fourth-order valence-electron chi connectivity index (χ4n) is 13.7. The number of hydrazine groups is 1. The molecule has 2 amide bonds. The Balaban J connectivity index is 1.01. The van der Waals surface area contributed by atoms with Gasteiger partial charge in [-0.1, -0.05) is 33.8 Å². The monoisotopic (exact) mass is 1080 g/mol. The third-order valence-electron chi connectivity index (χ3n) is 18.8. The molecule has 9 aliphatic rings. The van der Waals surface area contributed by atoms with Crippen molar-refractivity contribution in [3.05, 3.63) is 52.1 Å². The van der Waals surface area contributed by atoms with Gasteiger partial charge < -0.3 is 38.5 Å². The predicted molar refractivity (Wildman–Crippen MR) is 295 cm³/mol. The van der Waals surface area contributed by atoms with Crippen LogP contribution in [0.2, 0.25) is 0 Å². The van der Waals surface area contributed by atoms with E-state index >= 15 is 4.79 Å². The molecule has 3 saturated carbocycles. The number of carbonyl (C=O) groups is 3. The molecule has 1 unspecified atom stereocenters. The number of aromatic nitrogens is 3. The molecule has 17 nitrogen and oxygen atoms in total. The second kappa shape index (κ2) is 20.5. The van der Waals surface area contributed by atoms with Crippen molar-refractivity contribution in [3.63, 3.8) is 0 Å². The number of carbonyl (C=O) groups excluding carboxylic acids is 3. The van der Waals surface area contributed by atoms with Gasteiger partial charge in [0.05, 0.1) is 72.1 Å². The van der Waals surface area contributed by atoms with Gasteiger partial charge in [-0.2, -0.15) is 0 Å². The lowest BCUT2D eigenvalue weighted by Crippen LogP contribution is -2.75. The van der Waals surface area contributed by atoms with E-state index in [0.29, 0.717) is 58.7 Å². The Hall–Kier alpha value is -4.53. The van der Waals surface area contributed by atoms with E-state index in [1.165, 1.54) is 24.2 Å². The van der Waals surface area contributed by atoms with Crippen molar-refractivity contribution in [3.8, 4) is 22.5 Å². The van der Waals surface area contributed by atoms with Crippen molar-refractivity contribution in [1.29, 1.82) is 0 Å². The van der Waals surface area contributed by atoms with E-state index in [4.69, 9.17) is 33.7 Å². The van der Waals surface area contributed by atoms with Crippen molar-refractivity contribution in [2.75, 3.05) is 84.8 Å². The third-order valence-corrected chi connectivity index (χ3v) is 19.7. The number of esters is 1. The second-order valence-corrected chi connectivity index (χ2v) is 26.3. The maximum atomic E-state index is 15.3. The van der Waals surface area contributed by atoms with E-state index < -0.39 is 23.0 Å². The fraction of sp³-hybridized carbons (Fsp3) is 0.678. The summed E-state index contributed by atoms with van der Waals surface area (Å²) in [5.74, 6) is -0.427. The number of ether oxygens (including phenoxy) is 5. The summed E-state index contributed by atoms with van der Waals surface area (Å²) < 4.78 is 33.8. The summed E-state index contributed by atoms with van der Waals surface area (Å²) in [6.07, 6.45) is 7.73. The lowest BCUT2D eigenvalue weighted by molar-refractivity contribution is -0.180. The van der Waals surface area contributed by atoms with Gasteiger partial charge in [0.25, 0.3) is 5.91 Å². The van der Waals surface area contributed by atoms with Gasteiger partial charge in [-0.25, -0.2) is 15.2 Å². The van der Waals surface area contributed by atoms with Crippen LogP contribution >= 0.6 is 11.3 Å². The van der Waals surface area contributed by atoms with Crippen molar-refractivity contribution in [2.45, 2.75) is 148 Å². The first-order valence-corrected chi connectivity index (χ1v) is 29.5. The van der Waals surface area contributed by atoms with Crippen LogP contribution in [0.1, 0.15) is 115 Å². The Kier molecular flexibility index (Phi) is 14.2. The molecular formula is C59H81N9O8S. The predicted octanol–water partition coefficient (Wildman–Crippen LogP) is 7.17. The first-order chi connectivity index (χ1) is 36.9. The average molecular weight is 1080 g/mol. The van der Waals surface area contributed by atoms with E-state index in [-0.39, 0.29) is 72.0 Å². The van der Waals surface area contributed by atoms with Crippen LogP contribution in [0.3, 0.4) is 0 Å². The number of thiazole rings is 1. The number of rotatable bonds is 13. The van der Waals surface area contributed by atoms with Gasteiger partial charge in [0.15, 0.2) is 0 Å². The summed E-state index contributed by atoms with van der Waals surface area (Å²) in [5.41, 5.74) is 9.47. The summed E-state index contributed by atoms with van der Waals surface area (Å²) in [6, 6.07) is 8.16. The maximum Gasteiger partial charge on any atom is 0.328 e. The number of amides is 2. The number of likely N-dealkylation sites (tertiary alicyclic amines) is 1. The van der Waals surface area contributed by atoms with Crippen LogP contribution in [-0.4, -0.2) is 162 Å². The highest BCUT2D eigenvalue weighted by Crippen LogP contribution is 2.49. The minimum atomic E-state index is -1.06. The molecule has 3 aromatic heterocycles. The molecule has 6 aliphatic heterocycles. The Labute approximate surface area is 458 Å². The lowest BCUT2D eigenvalue weighted by atomic mass is 9.66. The maximum absolute atomic E-state index is 15.3. The molecule has 77 heavy (non-hydrogen) atoms. The lowest BCUT2D eigenvalue weighted by Gasteiger charge is -2.55. The second-order valence-electron chi connectivity index (χ2n) is 25.5. The van der Waals surface area contributed by atoms with Gasteiger partial charge >= 0.3 is 5.97 Å². The number of nitrogens with zero attached hydrogens (tertiary/aromatic N) is 7. The topological polar surface area (TPSA) is 165 Å². The molecule has 416 valence electrons. The highest BCUT2D eigenvalue weighted by atomic mass is 32.1. The molecule has 4 aromatic rings. The largest absolute Gasteiger partial charge is 0.464 e. The number of nitrogens with one attached hydrogen (secondary N) is 2. The zero-order chi connectivity index (χ0) is 53.7. The molecule has 18 heteroatoms. The molecule has 8 fully saturated rings. The average Bonchev–Trinajstić information content (AvgIpc) is 4.28. The molecular weight excluding hydrogens is 995 g/mol. The van der Waals surface area contributed by atoms with Gasteiger partial charge in [-0.15, -0.1) is 11.3 Å². The zero-order valence-electron chi connectivity index (χ0n) is 46.8. The highest BCUT2D eigenvalue weighted by molar-refractivity contribution is 7.10. The standard InChI is InChI=1S/C59H81N9O8S/c1-34-35(2)48(34)53(69)62-50-52(66-30-42(31-66)73-9)54-61-46(32-77-54)38-10-13-47-43(22-38)45(27-57(4,5)33-75-56(71)59-24-37(25-59)29-68(63-59)55(50)70)51(67(47)19-21-74-41-14-20-76-58(6,7)26-41)44-23-40(28-60-49(44)36(3)72-8)65-17-15-64(16-18-65)39-11-12-39/h10,13,22-23,28,32,34-37,39,41-42,48,50,52,63H,11-12,14-21,24-27,29-31,33H2,1-9H3,(H,62,69)/t34-,35+,36-,37?,41-,48?,50-,52-,59?/m0/s1. The Morgan fingerprint density at radius 2 is 1.73 bits per heavy atom. The molecule has 2 N–H and O–H groups in total. The Morgan fingerprint density at radius 3 is 2.43 bits per heavy atom. The summed E-state index contributed by atoms with van der Waals surface area (Å²) in [5, 5.41) is 8.78. The molecule has 5 saturated heterocycles. The number of methoxy groups -OCH3 is 2. The van der Waals surface area contributed by atoms with Crippen molar-refractivity contribution >= 4 is 45.7 Å². The van der Waals surface area contributed by atoms with Crippen LogP contribution in [0.4, 0.5) is 5.69 Å². The normalized spacial score (nSPS) is 31.1. The van der Waals surface area contributed by atoms with Gasteiger partial charge in [-0.3, -0.25) is 29.4 Å². The fourth-order valence-corrected chi connectivity index (χ4v) is 14.7. The number of anilines is 1. The number of piperazine rings is 1. The number of cyclic esters (lactones) is 1. The van der Waals surface area contributed by atoms with Gasteiger partial charge in [0.2, 0.25) is 5.91 Å². The van der Waals surface area contributed by atoms with Crippen LogP contribution in [0.25, 0.3) is 33.4 Å². The minimum absolute atomic E-state index is 0.0192. The smallest absolute Gasteiger partial charge is 0.328 e. The molecule has 7 bridgehead atoms. The SMILES string of the molecule is COC1CN([C@@H]2c3nc(cs3)-c3ccc4c(c3)c(c(-c3cc(N5CCN(C6CC6)CC5)cnc3[C@H](C)OC)n4CCO[C@H]3CCOC(C)(C)C3)CC(C)(C)COC(=O)C34CC(CN(N3)C(=O)[C@H]2NC(=O)C2[C@@H](C)[C@H]2C)C4)C1. The molecule has 9 heterocycles. The third kappa shape index (κ3) is 10.2. The summed E-state index contributed by atoms with van der Waals surface area (Å²) in [4.78, 5) is 62.3. The van der Waals surface area contributed by atoms with Crippen LogP contribution in [0, 0.1) is 29.1 Å². The van der Waals surface area contributed by atoms with Crippen molar-refractivity contribution < 1.29 is 38.1 Å². The zero-order valence-corrected chi connectivity index (χ0v) is 47.6. The van der Waals surface area contributed by atoms with Crippen molar-refractivity contribution in [2.24, 2.45) is 29.1 Å². The Morgan fingerprint density at radius 1 is 0.961 bits per heavy atom. The minimum Gasteiger partial charge on any atom is -0.464 e. The van der Waals surface area contributed by atoms with E-state index in [1.54, 1.807) is 19.2 Å². The summed E-state index contributed by atoms with van der Waals surface area (Å²) in [7, 11) is 3.46. The number of pyridine rings is 1. The van der Waals surface area contributed by atoms with Gasteiger partial charge in [0.1, 0.15) is 16.6 Å². The van der Waals surface area contributed by atoms with Crippen LogP contribution in [0.15, 0.2) is 35.8 Å². The van der Waals surface area contributed by atoms with E-state index in [0.717, 1.165) is 100 Å². The Bertz CT molecular complexity index is 2870. The summed E-state index contributed by atoms with van der Waals surface area (Å²) in [6.45, 7) is 22.3. The highest BCUT2D eigenvalue weighted by Gasteiger charge is 2.59. The molecule has 0 radical (unpaired) electrons. The molecule has 1 spiro atoms. The number of fused-ring (bicyclic) bond motifs is 4. The number of hydrogen-bond donors (Lipinski definition) is 2. The summed E-state index contributed by atoms with van der Waals surface area (Å²) >= 11 is 1.51. The molecule has 7 atom stereocenters. The van der Waals surface area contributed by atoms with E-state index in [9.17, 15) is 9.59 Å². The molecule has 13 rings (SSSR count). The van der Waals surface area contributed by atoms with E-state index in [2.05, 4.69) is 108 Å². The van der Waals surface area contributed by atoms with Crippen LogP contribution in [0.5, 0.6) is 0 Å². The quantitative estimate of drug-likeness (QED) is 0.130. The first kappa shape index (κ1) is 53.1. The number of benzene rings is 1. The molecule has 1 aromatic carbocycles. The van der Waals surface area contributed by atoms with Gasteiger partial charge in [0, 0.05) is 124 Å². The van der Waals surface area contributed by atoms with Crippen LogP contribution < -0.4 is 15.6 Å².